The van der Waals surface area contributed by atoms with Crippen LogP contribution in [0.4, 0.5) is 0 Å². The second-order valence-electron chi connectivity index (χ2n) is 3.73. The highest BCUT2D eigenvalue weighted by atomic mass is 16.3. The highest BCUT2D eigenvalue weighted by molar-refractivity contribution is 5.21. The average molecular weight is 125 g/mol. The summed E-state index contributed by atoms with van der Waals surface area (Å²) in [4.78, 5) is 2.38. The molecule has 3 saturated heterocycles. The van der Waals surface area contributed by atoms with Crippen LogP contribution in [0.3, 0.4) is 0 Å². The number of fused-ring (bicyclic) bond motifs is 1. The Morgan fingerprint density at radius 3 is 2.56 bits per heavy atom. The van der Waals surface area contributed by atoms with Crippen LogP contribution in [0.2, 0.25) is 0 Å². The van der Waals surface area contributed by atoms with E-state index < -0.39 is 0 Å². The van der Waals surface area contributed by atoms with Crippen molar-refractivity contribution in [3.05, 3.63) is 0 Å². The lowest BCUT2D eigenvalue weighted by molar-refractivity contribution is 0.0785. The van der Waals surface area contributed by atoms with Crippen LogP contribution in [-0.4, -0.2) is 35.2 Å². The van der Waals surface area contributed by atoms with Crippen molar-refractivity contribution in [3.63, 3.8) is 0 Å². The lowest BCUT2D eigenvalue weighted by Crippen LogP contribution is -2.36. The molecule has 4 bridgehead atoms. The molecule has 2 heteroatoms. The Morgan fingerprint density at radius 1 is 1.44 bits per heavy atom. The third-order valence-corrected chi connectivity index (χ3v) is 3.35. The van der Waals surface area contributed by atoms with Gasteiger partial charge in [0.05, 0.1) is 5.60 Å². The number of hydrogen-bond acceptors (Lipinski definition) is 2. The van der Waals surface area contributed by atoms with Crippen molar-refractivity contribution in [2.24, 2.45) is 11.8 Å². The molecule has 0 aromatic carbocycles. The van der Waals surface area contributed by atoms with E-state index in [1.54, 1.807) is 0 Å². The monoisotopic (exact) mass is 125 g/mol. The van der Waals surface area contributed by atoms with Gasteiger partial charge < -0.3 is 10.0 Å². The Morgan fingerprint density at radius 2 is 2.33 bits per heavy atom. The lowest BCUT2D eigenvalue weighted by atomic mass is 10.1. The summed E-state index contributed by atoms with van der Waals surface area (Å²) >= 11 is 0. The highest BCUT2D eigenvalue weighted by Crippen LogP contribution is 2.60. The molecule has 50 valence electrons. The van der Waals surface area contributed by atoms with Crippen molar-refractivity contribution in [2.75, 3.05) is 19.6 Å². The summed E-state index contributed by atoms with van der Waals surface area (Å²) in [7, 11) is 0. The number of rotatable bonds is 0. The van der Waals surface area contributed by atoms with E-state index in [1.807, 2.05) is 0 Å². The van der Waals surface area contributed by atoms with Gasteiger partial charge in [-0.3, -0.25) is 0 Å². The fourth-order valence-electron chi connectivity index (χ4n) is 2.75. The van der Waals surface area contributed by atoms with Crippen molar-refractivity contribution in [3.8, 4) is 0 Å². The molecule has 2 nitrogen and oxygen atoms in total. The maximum absolute atomic E-state index is 9.72. The fraction of sp³-hybridized carbons (Fsp3) is 1.00. The van der Waals surface area contributed by atoms with E-state index in [0.29, 0.717) is 11.8 Å². The van der Waals surface area contributed by atoms with Gasteiger partial charge in [0, 0.05) is 19.0 Å². The smallest absolute Gasteiger partial charge is 0.0850 e. The van der Waals surface area contributed by atoms with Crippen molar-refractivity contribution >= 4 is 0 Å². The highest BCUT2D eigenvalue weighted by Gasteiger charge is 2.70. The zero-order valence-corrected chi connectivity index (χ0v) is 5.38. The number of hydrogen-bond donors (Lipinski definition) is 1. The maximum atomic E-state index is 9.72. The normalized spacial score (nSPS) is 68.3. The molecule has 0 amide bonds. The minimum atomic E-state index is -0.196. The van der Waals surface area contributed by atoms with Crippen LogP contribution < -0.4 is 0 Å². The van der Waals surface area contributed by atoms with Gasteiger partial charge in [0.25, 0.3) is 0 Å². The molecule has 3 heterocycles. The standard InChI is InChI=1S/C7H11NO/c9-7-4-8-2-1-5(7)6(7)3-8/h5-6,9H,1-4H2/t5?,6?,7-/m1/s1. The molecule has 4 fully saturated rings. The Bertz CT molecular complexity index is 164. The summed E-state index contributed by atoms with van der Waals surface area (Å²) in [5.41, 5.74) is -0.196. The van der Waals surface area contributed by atoms with E-state index in [1.165, 1.54) is 19.5 Å². The van der Waals surface area contributed by atoms with Gasteiger partial charge in [-0.1, -0.05) is 0 Å². The topological polar surface area (TPSA) is 23.5 Å². The molecule has 4 atom stereocenters. The molecule has 1 N–H and O–H groups in total. The molecule has 1 aliphatic carbocycles. The minimum absolute atomic E-state index is 0.196. The van der Waals surface area contributed by atoms with Gasteiger partial charge in [-0.05, 0) is 18.9 Å². The van der Waals surface area contributed by atoms with E-state index >= 15 is 0 Å². The quantitative estimate of drug-likeness (QED) is 0.479. The van der Waals surface area contributed by atoms with Crippen molar-refractivity contribution in [1.82, 2.24) is 4.90 Å². The van der Waals surface area contributed by atoms with Crippen LogP contribution in [-0.2, 0) is 0 Å². The van der Waals surface area contributed by atoms with Gasteiger partial charge in [0.1, 0.15) is 0 Å². The van der Waals surface area contributed by atoms with E-state index in [2.05, 4.69) is 4.90 Å². The minimum Gasteiger partial charge on any atom is -0.388 e. The fourth-order valence-corrected chi connectivity index (χ4v) is 2.75. The van der Waals surface area contributed by atoms with E-state index in [-0.39, 0.29) is 5.60 Å². The Balaban J connectivity index is 2.02. The maximum Gasteiger partial charge on any atom is 0.0850 e. The molecule has 1 saturated carbocycles. The summed E-state index contributed by atoms with van der Waals surface area (Å²) in [6.07, 6.45) is 1.25. The first-order valence-electron chi connectivity index (χ1n) is 3.75. The van der Waals surface area contributed by atoms with Crippen molar-refractivity contribution in [2.45, 2.75) is 12.0 Å². The first kappa shape index (κ1) is 4.69. The number of aliphatic hydroxyl groups is 1. The molecule has 4 rings (SSSR count). The zero-order chi connectivity index (χ0) is 6.06. The van der Waals surface area contributed by atoms with Crippen molar-refractivity contribution in [1.29, 1.82) is 0 Å². The second-order valence-corrected chi connectivity index (χ2v) is 3.73. The summed E-state index contributed by atoms with van der Waals surface area (Å²) in [6, 6.07) is 0. The van der Waals surface area contributed by atoms with Gasteiger partial charge in [0.15, 0.2) is 0 Å². The van der Waals surface area contributed by atoms with E-state index in [4.69, 9.17) is 0 Å². The summed E-state index contributed by atoms with van der Waals surface area (Å²) in [6.45, 7) is 3.40. The van der Waals surface area contributed by atoms with Gasteiger partial charge in [-0.2, -0.15) is 0 Å². The van der Waals surface area contributed by atoms with Crippen LogP contribution in [0.1, 0.15) is 6.42 Å². The molecule has 0 spiro atoms. The largest absolute Gasteiger partial charge is 0.388 e. The first-order chi connectivity index (χ1) is 4.31. The zero-order valence-electron chi connectivity index (χ0n) is 5.38. The number of piperidine rings is 3. The predicted octanol–water partition coefficient (Wildman–Crippen LogP) is -0.317. The Kier molecular flexibility index (Phi) is 0.552. The molecule has 0 radical (unpaired) electrons. The first-order valence-corrected chi connectivity index (χ1v) is 3.75. The van der Waals surface area contributed by atoms with Gasteiger partial charge >= 0.3 is 0 Å². The Hall–Kier alpha value is -0.0800. The van der Waals surface area contributed by atoms with Crippen LogP contribution in [0, 0.1) is 11.8 Å². The van der Waals surface area contributed by atoms with Gasteiger partial charge in [-0.25, -0.2) is 0 Å². The SMILES string of the molecule is O[C@]12CN3CCC1C2C3. The molecule has 3 unspecified atom stereocenters. The van der Waals surface area contributed by atoms with Crippen LogP contribution in [0.5, 0.6) is 0 Å². The molecule has 3 aliphatic heterocycles. The third-order valence-electron chi connectivity index (χ3n) is 3.35. The average Bonchev–Trinajstić information content (AvgIpc) is 2.30. The van der Waals surface area contributed by atoms with E-state index in [0.717, 1.165) is 6.54 Å². The molecular formula is C7H11NO. The Labute approximate surface area is 54.5 Å². The molecule has 0 aromatic rings. The summed E-state index contributed by atoms with van der Waals surface area (Å²) < 4.78 is 0. The van der Waals surface area contributed by atoms with Crippen molar-refractivity contribution < 1.29 is 5.11 Å². The van der Waals surface area contributed by atoms with Crippen LogP contribution >= 0.6 is 0 Å². The summed E-state index contributed by atoms with van der Waals surface area (Å²) in [5.74, 6) is 1.37. The molecular weight excluding hydrogens is 114 g/mol. The third kappa shape index (κ3) is 0.356. The predicted molar refractivity (Wildman–Crippen MR) is 33.0 cm³/mol. The molecule has 9 heavy (non-hydrogen) atoms. The lowest BCUT2D eigenvalue weighted by Gasteiger charge is -2.26. The van der Waals surface area contributed by atoms with E-state index in [9.17, 15) is 5.11 Å². The number of nitrogens with zero attached hydrogens (tertiary/aromatic N) is 1. The molecule has 4 aliphatic rings. The van der Waals surface area contributed by atoms with Crippen LogP contribution in [0.25, 0.3) is 0 Å². The second kappa shape index (κ2) is 1.06. The van der Waals surface area contributed by atoms with Gasteiger partial charge in [0.2, 0.25) is 0 Å². The molecule has 0 aromatic heterocycles. The van der Waals surface area contributed by atoms with Crippen LogP contribution in [0.15, 0.2) is 0 Å². The summed E-state index contributed by atoms with van der Waals surface area (Å²) in [5, 5.41) is 9.72. The van der Waals surface area contributed by atoms with Gasteiger partial charge in [-0.15, -0.1) is 0 Å².